The first kappa shape index (κ1) is 13.3. The SMILES string of the molecule is CCOCCCC1(CNC)CCOC1C1CC1. The lowest BCUT2D eigenvalue weighted by molar-refractivity contribution is 0.0218. The average molecular weight is 241 g/mol. The molecule has 100 valence electrons. The highest BCUT2D eigenvalue weighted by Gasteiger charge is 2.49. The van der Waals surface area contributed by atoms with Crippen LogP contribution in [0.4, 0.5) is 0 Å². The zero-order valence-electron chi connectivity index (χ0n) is 11.3. The monoisotopic (exact) mass is 241 g/mol. The van der Waals surface area contributed by atoms with E-state index in [0.717, 1.165) is 32.3 Å². The summed E-state index contributed by atoms with van der Waals surface area (Å²) in [6.07, 6.45) is 6.90. The molecule has 0 bridgehead atoms. The molecule has 2 rings (SSSR count). The molecule has 0 spiro atoms. The van der Waals surface area contributed by atoms with Crippen molar-refractivity contribution in [1.29, 1.82) is 0 Å². The van der Waals surface area contributed by atoms with Crippen molar-refractivity contribution < 1.29 is 9.47 Å². The minimum Gasteiger partial charge on any atom is -0.382 e. The molecule has 2 fully saturated rings. The highest BCUT2D eigenvalue weighted by atomic mass is 16.5. The molecule has 1 saturated heterocycles. The zero-order valence-corrected chi connectivity index (χ0v) is 11.3. The molecule has 0 radical (unpaired) electrons. The maximum atomic E-state index is 6.02. The summed E-state index contributed by atoms with van der Waals surface area (Å²) >= 11 is 0. The van der Waals surface area contributed by atoms with Gasteiger partial charge in [-0.1, -0.05) is 0 Å². The van der Waals surface area contributed by atoms with Crippen LogP contribution in [-0.2, 0) is 9.47 Å². The van der Waals surface area contributed by atoms with Crippen molar-refractivity contribution >= 4 is 0 Å². The molecular weight excluding hydrogens is 214 g/mol. The van der Waals surface area contributed by atoms with Crippen LogP contribution in [0.3, 0.4) is 0 Å². The van der Waals surface area contributed by atoms with E-state index in [1.165, 1.54) is 32.1 Å². The molecule has 1 saturated carbocycles. The van der Waals surface area contributed by atoms with Gasteiger partial charge in [0.15, 0.2) is 0 Å². The Bertz CT molecular complexity index is 230. The van der Waals surface area contributed by atoms with Gasteiger partial charge < -0.3 is 14.8 Å². The Hall–Kier alpha value is -0.120. The molecule has 2 aliphatic rings. The Morgan fingerprint density at radius 2 is 2.24 bits per heavy atom. The third-order valence-electron chi connectivity index (χ3n) is 4.25. The summed E-state index contributed by atoms with van der Waals surface area (Å²) in [5.74, 6) is 0.845. The van der Waals surface area contributed by atoms with E-state index >= 15 is 0 Å². The molecule has 2 unspecified atom stereocenters. The normalized spacial score (nSPS) is 33.2. The van der Waals surface area contributed by atoms with Crippen LogP contribution in [0.5, 0.6) is 0 Å². The summed E-state index contributed by atoms with van der Waals surface area (Å²) in [7, 11) is 2.06. The zero-order chi connectivity index (χ0) is 12.1. The molecule has 1 heterocycles. The molecule has 0 aromatic carbocycles. The summed E-state index contributed by atoms with van der Waals surface area (Å²) < 4.78 is 11.5. The van der Waals surface area contributed by atoms with Crippen molar-refractivity contribution in [3.63, 3.8) is 0 Å². The predicted octanol–water partition coefficient (Wildman–Crippen LogP) is 2.21. The van der Waals surface area contributed by atoms with Crippen LogP contribution in [0.2, 0.25) is 0 Å². The van der Waals surface area contributed by atoms with Gasteiger partial charge in [-0.25, -0.2) is 0 Å². The first-order chi connectivity index (χ1) is 8.32. The summed E-state index contributed by atoms with van der Waals surface area (Å²) in [5.41, 5.74) is 0.382. The van der Waals surface area contributed by atoms with Gasteiger partial charge in [-0.3, -0.25) is 0 Å². The number of hydrogen-bond donors (Lipinski definition) is 1. The quantitative estimate of drug-likeness (QED) is 0.661. The first-order valence-corrected chi connectivity index (χ1v) is 7.16. The van der Waals surface area contributed by atoms with Crippen LogP contribution in [0.1, 0.15) is 39.0 Å². The standard InChI is InChI=1S/C14H27NO2/c1-3-16-9-4-7-14(11-15-2)8-10-17-13(14)12-5-6-12/h12-13,15H,3-11H2,1-2H3. The third-order valence-corrected chi connectivity index (χ3v) is 4.25. The molecule has 17 heavy (non-hydrogen) atoms. The molecule has 1 N–H and O–H groups in total. The van der Waals surface area contributed by atoms with Crippen LogP contribution in [0.25, 0.3) is 0 Å². The Kier molecular flexibility index (Phi) is 4.83. The van der Waals surface area contributed by atoms with E-state index in [1.807, 2.05) is 0 Å². The fraction of sp³-hybridized carbons (Fsp3) is 1.00. The van der Waals surface area contributed by atoms with Gasteiger partial charge in [0.1, 0.15) is 0 Å². The van der Waals surface area contributed by atoms with Gasteiger partial charge in [0.25, 0.3) is 0 Å². The van der Waals surface area contributed by atoms with Gasteiger partial charge in [0.05, 0.1) is 6.10 Å². The van der Waals surface area contributed by atoms with Crippen LogP contribution in [0.15, 0.2) is 0 Å². The highest BCUT2D eigenvalue weighted by Crippen LogP contribution is 2.49. The van der Waals surface area contributed by atoms with Crippen LogP contribution in [0, 0.1) is 11.3 Å². The molecule has 2 atom stereocenters. The molecule has 1 aliphatic carbocycles. The largest absolute Gasteiger partial charge is 0.382 e. The molecular formula is C14H27NO2. The fourth-order valence-electron chi connectivity index (χ4n) is 3.31. The molecule has 1 aliphatic heterocycles. The van der Waals surface area contributed by atoms with Gasteiger partial charge in [-0.2, -0.15) is 0 Å². The Morgan fingerprint density at radius 1 is 1.41 bits per heavy atom. The summed E-state index contributed by atoms with van der Waals surface area (Å²) in [5, 5.41) is 3.38. The van der Waals surface area contributed by atoms with Gasteiger partial charge in [0, 0.05) is 31.8 Å². The summed E-state index contributed by atoms with van der Waals surface area (Å²) in [6, 6.07) is 0. The van der Waals surface area contributed by atoms with Crippen LogP contribution in [-0.4, -0.2) is 39.5 Å². The fourth-order valence-corrected chi connectivity index (χ4v) is 3.31. The van der Waals surface area contributed by atoms with Crippen LogP contribution >= 0.6 is 0 Å². The van der Waals surface area contributed by atoms with Crippen molar-refractivity contribution in [1.82, 2.24) is 5.32 Å². The van der Waals surface area contributed by atoms with E-state index < -0.39 is 0 Å². The minimum atomic E-state index is 0.382. The molecule has 3 nitrogen and oxygen atoms in total. The number of nitrogens with one attached hydrogen (secondary N) is 1. The van der Waals surface area contributed by atoms with E-state index in [2.05, 4.69) is 19.3 Å². The van der Waals surface area contributed by atoms with E-state index in [0.29, 0.717) is 11.5 Å². The van der Waals surface area contributed by atoms with Gasteiger partial charge >= 0.3 is 0 Å². The maximum Gasteiger partial charge on any atom is 0.0672 e. The predicted molar refractivity (Wildman–Crippen MR) is 69.2 cm³/mol. The smallest absolute Gasteiger partial charge is 0.0672 e. The van der Waals surface area contributed by atoms with Gasteiger partial charge in [-0.05, 0) is 52.0 Å². The van der Waals surface area contributed by atoms with Gasteiger partial charge in [-0.15, -0.1) is 0 Å². The highest BCUT2D eigenvalue weighted by molar-refractivity contribution is 5.00. The maximum absolute atomic E-state index is 6.02. The van der Waals surface area contributed by atoms with E-state index in [-0.39, 0.29) is 0 Å². The second-order valence-corrected chi connectivity index (χ2v) is 5.57. The topological polar surface area (TPSA) is 30.5 Å². The van der Waals surface area contributed by atoms with Crippen molar-refractivity contribution in [3.8, 4) is 0 Å². The Balaban J connectivity index is 1.88. The number of hydrogen-bond acceptors (Lipinski definition) is 3. The lowest BCUT2D eigenvalue weighted by Gasteiger charge is -2.34. The second kappa shape index (κ2) is 6.17. The van der Waals surface area contributed by atoms with Crippen molar-refractivity contribution in [2.24, 2.45) is 11.3 Å². The Labute approximate surface area is 105 Å². The Morgan fingerprint density at radius 3 is 2.88 bits per heavy atom. The van der Waals surface area contributed by atoms with Gasteiger partial charge in [0.2, 0.25) is 0 Å². The molecule has 0 aromatic rings. The average Bonchev–Trinajstić information content (AvgIpc) is 3.09. The van der Waals surface area contributed by atoms with Crippen LogP contribution < -0.4 is 5.32 Å². The number of ether oxygens (including phenoxy) is 2. The van der Waals surface area contributed by atoms with E-state index in [9.17, 15) is 0 Å². The van der Waals surface area contributed by atoms with Crippen molar-refractivity contribution in [3.05, 3.63) is 0 Å². The molecule has 3 heteroatoms. The molecule has 0 amide bonds. The number of rotatable bonds is 8. The first-order valence-electron chi connectivity index (χ1n) is 7.16. The second-order valence-electron chi connectivity index (χ2n) is 5.57. The molecule has 0 aromatic heterocycles. The summed E-state index contributed by atoms with van der Waals surface area (Å²) in [4.78, 5) is 0. The summed E-state index contributed by atoms with van der Waals surface area (Å²) in [6.45, 7) is 5.85. The van der Waals surface area contributed by atoms with E-state index in [1.54, 1.807) is 0 Å². The van der Waals surface area contributed by atoms with E-state index in [4.69, 9.17) is 9.47 Å². The lowest BCUT2D eigenvalue weighted by Crippen LogP contribution is -2.41. The van der Waals surface area contributed by atoms with Crippen molar-refractivity contribution in [2.75, 3.05) is 33.4 Å². The lowest BCUT2D eigenvalue weighted by atomic mass is 9.75. The minimum absolute atomic E-state index is 0.382. The van der Waals surface area contributed by atoms with Crippen molar-refractivity contribution in [2.45, 2.75) is 45.1 Å². The third kappa shape index (κ3) is 3.21.